The van der Waals surface area contributed by atoms with Crippen molar-refractivity contribution in [1.82, 2.24) is 20.0 Å². The Morgan fingerprint density at radius 1 is 1.13 bits per heavy atom. The normalized spacial score (nSPS) is 11.5. The van der Waals surface area contributed by atoms with Gasteiger partial charge in [-0.05, 0) is 24.5 Å². The topological polar surface area (TPSA) is 126 Å². The predicted octanol–water partition coefficient (Wildman–Crippen LogP) is 4.38. The molecule has 3 amide bonds. The lowest BCUT2D eigenvalue weighted by Gasteiger charge is -2.28. The van der Waals surface area contributed by atoms with Crippen LogP contribution in [0, 0.1) is 11.6 Å². The minimum Gasteiger partial charge on any atom is -0.481 e. The Bertz CT molecular complexity index is 1270. The molecule has 10 nitrogen and oxygen atoms in total. The molecule has 0 aliphatic heterocycles. The van der Waals surface area contributed by atoms with Gasteiger partial charge in [-0.15, -0.1) is 0 Å². The van der Waals surface area contributed by atoms with E-state index in [9.17, 15) is 23.2 Å². The zero-order valence-corrected chi connectivity index (χ0v) is 21.0. The fraction of sp³-hybridized carbons (Fsp3) is 0.308. The van der Waals surface area contributed by atoms with Crippen LogP contribution < -0.4 is 10.6 Å². The summed E-state index contributed by atoms with van der Waals surface area (Å²) >= 11 is 0. The van der Waals surface area contributed by atoms with E-state index in [0.29, 0.717) is 0 Å². The molecule has 0 aliphatic rings. The summed E-state index contributed by atoms with van der Waals surface area (Å²) < 4.78 is 34.3. The Balaban J connectivity index is 1.59. The summed E-state index contributed by atoms with van der Waals surface area (Å²) in [5, 5.41) is 18.3. The van der Waals surface area contributed by atoms with Gasteiger partial charge in [-0.25, -0.2) is 18.4 Å². The summed E-state index contributed by atoms with van der Waals surface area (Å²) in [5.41, 5.74) is 1.65. The zero-order chi connectivity index (χ0) is 27.7. The number of likely N-dealkylation sites (N-methyl/N-ethyl adjacent to an activating group) is 1. The Hall–Kier alpha value is -4.48. The van der Waals surface area contributed by atoms with Crippen molar-refractivity contribution in [3.05, 3.63) is 71.8 Å². The van der Waals surface area contributed by atoms with Crippen molar-refractivity contribution >= 4 is 23.9 Å². The molecule has 0 fully saturated rings. The van der Waals surface area contributed by atoms with Gasteiger partial charge in [-0.2, -0.15) is 5.10 Å². The van der Waals surface area contributed by atoms with Gasteiger partial charge in [0.2, 0.25) is 0 Å². The Morgan fingerprint density at radius 2 is 1.87 bits per heavy atom. The van der Waals surface area contributed by atoms with E-state index in [1.807, 2.05) is 30.3 Å². The first-order valence-electron chi connectivity index (χ1n) is 11.8. The van der Waals surface area contributed by atoms with Crippen LogP contribution in [0.1, 0.15) is 24.8 Å². The number of carbonyl (C=O) groups excluding carboxylic acids is 2. The van der Waals surface area contributed by atoms with Gasteiger partial charge in [-0.1, -0.05) is 42.5 Å². The molecule has 0 bridgehead atoms. The minimum atomic E-state index is -1.06. The molecule has 1 aromatic heterocycles. The van der Waals surface area contributed by atoms with Gasteiger partial charge in [0.15, 0.2) is 17.5 Å². The summed E-state index contributed by atoms with van der Waals surface area (Å²) in [7, 11) is 3.18. The lowest BCUT2D eigenvalue weighted by atomic mass is 10.1. The van der Waals surface area contributed by atoms with Gasteiger partial charge in [0.25, 0.3) is 0 Å². The number of ether oxygens (including phenoxy) is 1. The number of halogens is 2. The molecule has 38 heavy (non-hydrogen) atoms. The van der Waals surface area contributed by atoms with E-state index in [-0.39, 0.29) is 43.8 Å². The monoisotopic (exact) mass is 529 g/mol. The molecule has 0 saturated carbocycles. The zero-order valence-electron chi connectivity index (χ0n) is 21.0. The molecule has 0 spiro atoms. The van der Waals surface area contributed by atoms with Crippen molar-refractivity contribution in [2.75, 3.05) is 19.0 Å². The van der Waals surface area contributed by atoms with E-state index in [1.165, 1.54) is 24.1 Å². The number of benzene rings is 2. The highest BCUT2D eigenvalue weighted by molar-refractivity contribution is 5.84. The highest BCUT2D eigenvalue weighted by Crippen LogP contribution is 2.21. The fourth-order valence-electron chi connectivity index (χ4n) is 3.74. The molecular weight excluding hydrogens is 500 g/mol. The molecule has 2 aromatic carbocycles. The van der Waals surface area contributed by atoms with E-state index >= 15 is 0 Å². The number of carboxylic acids is 1. The molecule has 0 radical (unpaired) electrons. The van der Waals surface area contributed by atoms with Gasteiger partial charge >= 0.3 is 18.1 Å². The maximum absolute atomic E-state index is 13.9. The largest absolute Gasteiger partial charge is 0.481 e. The molecule has 3 rings (SSSR count). The fourth-order valence-corrected chi connectivity index (χ4v) is 3.74. The van der Waals surface area contributed by atoms with Crippen molar-refractivity contribution in [2.45, 2.75) is 31.8 Å². The smallest absolute Gasteiger partial charge is 0.412 e. The second kappa shape index (κ2) is 13.2. The SMILES string of the molecule is CN(C(=O)NCc1cccc(F)c1F)[C@@H](CCCC(=O)O)COC(=O)Nc1cc(-c2ccccc2)n(C)n1. The van der Waals surface area contributed by atoms with E-state index in [2.05, 4.69) is 15.7 Å². The van der Waals surface area contributed by atoms with E-state index in [4.69, 9.17) is 9.84 Å². The summed E-state index contributed by atoms with van der Waals surface area (Å²) in [6.07, 6.45) is -0.494. The summed E-state index contributed by atoms with van der Waals surface area (Å²) in [4.78, 5) is 37.3. The number of urea groups is 1. The average molecular weight is 530 g/mol. The first-order valence-corrected chi connectivity index (χ1v) is 11.8. The van der Waals surface area contributed by atoms with Crippen LogP contribution in [0.25, 0.3) is 11.3 Å². The van der Waals surface area contributed by atoms with Crippen molar-refractivity contribution in [3.8, 4) is 11.3 Å². The number of hydrogen-bond donors (Lipinski definition) is 3. The lowest BCUT2D eigenvalue weighted by Crippen LogP contribution is -2.46. The highest BCUT2D eigenvalue weighted by atomic mass is 19.2. The maximum atomic E-state index is 13.9. The minimum absolute atomic E-state index is 0.0324. The summed E-state index contributed by atoms with van der Waals surface area (Å²) in [6, 6.07) is 13.5. The Morgan fingerprint density at radius 3 is 2.58 bits per heavy atom. The van der Waals surface area contributed by atoms with Crippen LogP contribution in [0.2, 0.25) is 0 Å². The number of nitrogens with one attached hydrogen (secondary N) is 2. The summed E-state index contributed by atoms with van der Waals surface area (Å²) in [6.45, 7) is -0.499. The third-order valence-corrected chi connectivity index (χ3v) is 5.84. The molecule has 3 aromatic rings. The number of amides is 3. The second-order valence-electron chi connectivity index (χ2n) is 8.55. The predicted molar refractivity (Wildman–Crippen MR) is 135 cm³/mol. The standard InChI is InChI=1S/C26H29F2N5O5/c1-32(25(36)29-15-18-10-6-12-20(27)24(18)28)19(11-7-13-23(34)35)16-38-26(37)30-22-14-21(33(2)31-22)17-8-4-3-5-9-17/h3-6,8-10,12,14,19H,7,11,13,15-16H2,1-2H3,(H,29,36)(H,34,35)(H,30,31,37)/t19-/m0/s1. The van der Waals surface area contributed by atoms with Crippen LogP contribution in [0.3, 0.4) is 0 Å². The van der Waals surface area contributed by atoms with E-state index < -0.39 is 35.8 Å². The number of aromatic nitrogens is 2. The molecule has 1 heterocycles. The number of rotatable bonds is 11. The van der Waals surface area contributed by atoms with Crippen molar-refractivity contribution < 1.29 is 33.0 Å². The molecule has 3 N–H and O–H groups in total. The van der Waals surface area contributed by atoms with Crippen LogP contribution >= 0.6 is 0 Å². The molecule has 0 unspecified atom stereocenters. The second-order valence-corrected chi connectivity index (χ2v) is 8.55. The maximum Gasteiger partial charge on any atom is 0.412 e. The number of carbonyl (C=O) groups is 3. The first-order chi connectivity index (χ1) is 18.2. The van der Waals surface area contributed by atoms with Gasteiger partial charge in [0.1, 0.15) is 6.61 Å². The summed E-state index contributed by atoms with van der Waals surface area (Å²) in [5.74, 6) is -2.82. The molecular formula is C26H29F2N5O5. The van der Waals surface area contributed by atoms with Gasteiger partial charge in [0, 0.05) is 38.7 Å². The van der Waals surface area contributed by atoms with Crippen LogP contribution in [0.4, 0.5) is 24.2 Å². The highest BCUT2D eigenvalue weighted by Gasteiger charge is 2.23. The first kappa shape index (κ1) is 28.1. The molecule has 202 valence electrons. The third kappa shape index (κ3) is 7.76. The van der Waals surface area contributed by atoms with Crippen molar-refractivity contribution in [1.29, 1.82) is 0 Å². The number of nitrogens with zero attached hydrogens (tertiary/aromatic N) is 3. The number of anilines is 1. The van der Waals surface area contributed by atoms with Crippen molar-refractivity contribution in [3.63, 3.8) is 0 Å². The van der Waals surface area contributed by atoms with E-state index in [1.54, 1.807) is 17.8 Å². The lowest BCUT2D eigenvalue weighted by molar-refractivity contribution is -0.137. The van der Waals surface area contributed by atoms with Crippen molar-refractivity contribution in [2.24, 2.45) is 7.05 Å². The Labute approximate surface area is 218 Å². The molecule has 1 atom stereocenters. The Kier molecular flexibility index (Phi) is 9.74. The van der Waals surface area contributed by atoms with E-state index in [0.717, 1.165) is 17.3 Å². The number of aryl methyl sites for hydroxylation is 1. The molecule has 0 saturated heterocycles. The number of aliphatic carboxylic acids is 1. The van der Waals surface area contributed by atoms with Crippen LogP contribution in [0.15, 0.2) is 54.6 Å². The third-order valence-electron chi connectivity index (χ3n) is 5.84. The number of carboxylic acid groups (broad SMARTS) is 1. The van der Waals surface area contributed by atoms with Crippen LogP contribution in [-0.2, 0) is 23.1 Å². The van der Waals surface area contributed by atoms with Gasteiger partial charge < -0.3 is 20.1 Å². The van der Waals surface area contributed by atoms with Crippen LogP contribution in [-0.4, -0.2) is 57.6 Å². The van der Waals surface area contributed by atoms with Gasteiger partial charge in [-0.3, -0.25) is 14.8 Å². The van der Waals surface area contributed by atoms with Gasteiger partial charge in [0.05, 0.1) is 11.7 Å². The molecule has 0 aliphatic carbocycles. The quantitative estimate of drug-likeness (QED) is 0.339. The average Bonchev–Trinajstić information content (AvgIpc) is 3.26. The molecule has 12 heteroatoms. The van der Waals surface area contributed by atoms with Crippen LogP contribution in [0.5, 0.6) is 0 Å². The number of hydrogen-bond acceptors (Lipinski definition) is 5.